The fourth-order valence-electron chi connectivity index (χ4n) is 2.34. The zero-order chi connectivity index (χ0) is 18.5. The average Bonchev–Trinajstić information content (AvgIpc) is 2.53. The molecule has 0 heterocycles. The molecule has 140 valence electrons. The van der Waals surface area contributed by atoms with Crippen molar-refractivity contribution in [1.82, 2.24) is 10.6 Å². The molecule has 0 aliphatic rings. The Morgan fingerprint density at radius 2 is 1.12 bits per heavy atom. The third kappa shape index (κ3) is 10.4. The Balaban J connectivity index is 4.25. The van der Waals surface area contributed by atoms with Gasteiger partial charge in [0.05, 0.1) is 14.2 Å². The lowest BCUT2D eigenvalue weighted by molar-refractivity contribution is -0.144. The highest BCUT2D eigenvalue weighted by molar-refractivity contribution is 5.76. The Morgan fingerprint density at radius 1 is 0.792 bits per heavy atom. The number of esters is 2. The minimum absolute atomic E-state index is 0.238. The van der Waals surface area contributed by atoms with Crippen LogP contribution in [0, 0.1) is 11.8 Å². The van der Waals surface area contributed by atoms with E-state index in [-0.39, 0.29) is 24.0 Å². The van der Waals surface area contributed by atoms with Gasteiger partial charge in [-0.2, -0.15) is 0 Å². The molecule has 0 saturated heterocycles. The summed E-state index contributed by atoms with van der Waals surface area (Å²) in [5.41, 5.74) is 0. The number of carbonyl (C=O) groups is 2. The molecule has 0 fully saturated rings. The molecule has 0 amide bonds. The van der Waals surface area contributed by atoms with Crippen LogP contribution in [0.25, 0.3) is 0 Å². The molecule has 0 spiro atoms. The van der Waals surface area contributed by atoms with Crippen molar-refractivity contribution in [3.8, 4) is 0 Å². The number of carbonyl (C=O) groups excluding carboxylic acids is 2. The Morgan fingerprint density at radius 3 is 1.38 bits per heavy atom. The summed E-state index contributed by atoms with van der Waals surface area (Å²) in [4.78, 5) is 23.4. The monoisotopic (exact) mass is 342 g/mol. The van der Waals surface area contributed by atoms with Crippen LogP contribution < -0.4 is 10.6 Å². The van der Waals surface area contributed by atoms with Crippen LogP contribution in [0.1, 0.15) is 40.5 Å². The van der Waals surface area contributed by atoms with Crippen LogP contribution in [0.5, 0.6) is 0 Å². The molecule has 0 aliphatic carbocycles. The zero-order valence-electron chi connectivity index (χ0n) is 15.9. The van der Waals surface area contributed by atoms with Gasteiger partial charge >= 0.3 is 11.9 Å². The first-order valence-corrected chi connectivity index (χ1v) is 8.59. The van der Waals surface area contributed by atoms with Gasteiger partial charge in [-0.25, -0.2) is 0 Å². The maximum atomic E-state index is 11.7. The lowest BCUT2D eigenvalue weighted by atomic mass is 10.0. The molecule has 6 nitrogen and oxygen atoms in total. The van der Waals surface area contributed by atoms with E-state index in [2.05, 4.69) is 38.3 Å². The first kappa shape index (κ1) is 22.6. The second-order valence-electron chi connectivity index (χ2n) is 6.70. The lowest BCUT2D eigenvalue weighted by Crippen LogP contribution is -2.39. The van der Waals surface area contributed by atoms with Crippen molar-refractivity contribution < 1.29 is 19.1 Å². The molecule has 2 atom stereocenters. The molecule has 0 radical (unpaired) electrons. The van der Waals surface area contributed by atoms with Crippen molar-refractivity contribution in [2.45, 2.75) is 52.6 Å². The van der Waals surface area contributed by atoms with E-state index >= 15 is 0 Å². The molecule has 0 aromatic heterocycles. The molecule has 2 N–H and O–H groups in total. The van der Waals surface area contributed by atoms with E-state index in [4.69, 9.17) is 9.47 Å². The van der Waals surface area contributed by atoms with Gasteiger partial charge in [0.1, 0.15) is 12.1 Å². The summed E-state index contributed by atoms with van der Waals surface area (Å²) in [7, 11) is 2.80. The van der Waals surface area contributed by atoms with E-state index in [0.717, 1.165) is 12.8 Å². The van der Waals surface area contributed by atoms with E-state index in [1.165, 1.54) is 14.2 Å². The second-order valence-corrected chi connectivity index (χ2v) is 6.70. The smallest absolute Gasteiger partial charge is 0.322 e. The average molecular weight is 342 g/mol. The predicted octanol–water partition coefficient (Wildman–Crippen LogP) is 1.90. The maximum absolute atomic E-state index is 11.7. The van der Waals surface area contributed by atoms with E-state index in [1.54, 1.807) is 0 Å². The summed E-state index contributed by atoms with van der Waals surface area (Å²) in [6.45, 7) is 9.42. The van der Waals surface area contributed by atoms with Crippen molar-refractivity contribution in [3.63, 3.8) is 0 Å². The van der Waals surface area contributed by atoms with E-state index in [0.29, 0.717) is 24.9 Å². The standard InChI is InChI=1S/C18H34N2O4/c1-13(2)11-15(17(21)23-5)19-9-7-8-10-20-16(12-14(3)4)18(22)24-6/h7-8,13-16,19-20H,9-12H2,1-6H3/b8-7+. The fraction of sp³-hybridized carbons (Fsp3) is 0.778. The number of methoxy groups -OCH3 is 2. The minimum Gasteiger partial charge on any atom is -0.468 e. The number of hydrogen-bond donors (Lipinski definition) is 2. The Bertz CT molecular complexity index is 358. The van der Waals surface area contributed by atoms with Gasteiger partial charge in [0, 0.05) is 13.1 Å². The van der Waals surface area contributed by atoms with Crippen LogP contribution in [0.3, 0.4) is 0 Å². The largest absolute Gasteiger partial charge is 0.468 e. The molecular weight excluding hydrogens is 308 g/mol. The molecule has 0 aliphatic heterocycles. The Hall–Kier alpha value is -1.40. The molecule has 0 rings (SSSR count). The van der Waals surface area contributed by atoms with Gasteiger partial charge in [-0.15, -0.1) is 0 Å². The summed E-state index contributed by atoms with van der Waals surface area (Å²) in [5.74, 6) is 0.337. The summed E-state index contributed by atoms with van der Waals surface area (Å²) in [6, 6.07) is -0.590. The van der Waals surface area contributed by atoms with Gasteiger partial charge < -0.3 is 20.1 Å². The van der Waals surface area contributed by atoms with Crippen molar-refractivity contribution in [2.75, 3.05) is 27.3 Å². The van der Waals surface area contributed by atoms with Gasteiger partial charge in [-0.05, 0) is 24.7 Å². The Kier molecular flexibility index (Phi) is 12.2. The number of nitrogens with one attached hydrogen (secondary N) is 2. The summed E-state index contributed by atoms with van der Waals surface area (Å²) in [5, 5.41) is 6.35. The first-order chi connectivity index (χ1) is 11.3. The van der Waals surface area contributed by atoms with Crippen LogP contribution >= 0.6 is 0 Å². The summed E-state index contributed by atoms with van der Waals surface area (Å²) >= 11 is 0. The van der Waals surface area contributed by atoms with E-state index < -0.39 is 0 Å². The molecule has 0 bridgehead atoms. The highest BCUT2D eigenvalue weighted by atomic mass is 16.5. The second kappa shape index (κ2) is 13.0. The highest BCUT2D eigenvalue weighted by Gasteiger charge is 2.20. The molecule has 6 heteroatoms. The lowest BCUT2D eigenvalue weighted by Gasteiger charge is -2.18. The summed E-state index contributed by atoms with van der Waals surface area (Å²) in [6.07, 6.45) is 5.34. The molecule has 0 aromatic rings. The fourth-order valence-corrected chi connectivity index (χ4v) is 2.34. The number of rotatable bonds is 12. The number of hydrogen-bond acceptors (Lipinski definition) is 6. The minimum atomic E-state index is -0.295. The van der Waals surface area contributed by atoms with Crippen LogP contribution in [-0.4, -0.2) is 51.3 Å². The van der Waals surface area contributed by atoms with Crippen LogP contribution in [0.2, 0.25) is 0 Å². The zero-order valence-corrected chi connectivity index (χ0v) is 15.9. The Labute approximate surface area is 146 Å². The third-order valence-electron chi connectivity index (χ3n) is 3.52. The molecular formula is C18H34N2O4. The summed E-state index contributed by atoms with van der Waals surface area (Å²) < 4.78 is 9.62. The van der Waals surface area contributed by atoms with Gasteiger partial charge in [0.2, 0.25) is 0 Å². The van der Waals surface area contributed by atoms with Crippen molar-refractivity contribution in [2.24, 2.45) is 11.8 Å². The van der Waals surface area contributed by atoms with Gasteiger partial charge in [0.15, 0.2) is 0 Å². The first-order valence-electron chi connectivity index (χ1n) is 8.59. The molecule has 0 aromatic carbocycles. The van der Waals surface area contributed by atoms with Gasteiger partial charge in [-0.3, -0.25) is 9.59 Å². The van der Waals surface area contributed by atoms with Crippen LogP contribution in [-0.2, 0) is 19.1 Å². The van der Waals surface area contributed by atoms with E-state index in [9.17, 15) is 9.59 Å². The van der Waals surface area contributed by atoms with Gasteiger partial charge in [0.25, 0.3) is 0 Å². The van der Waals surface area contributed by atoms with Crippen LogP contribution in [0.15, 0.2) is 12.2 Å². The SMILES string of the molecule is COC(=O)C(CC(C)C)NC/C=C/CNC(CC(C)C)C(=O)OC. The van der Waals surface area contributed by atoms with Crippen molar-refractivity contribution in [1.29, 1.82) is 0 Å². The van der Waals surface area contributed by atoms with Crippen LogP contribution in [0.4, 0.5) is 0 Å². The van der Waals surface area contributed by atoms with E-state index in [1.807, 2.05) is 12.2 Å². The third-order valence-corrected chi connectivity index (χ3v) is 3.52. The highest BCUT2D eigenvalue weighted by Crippen LogP contribution is 2.07. The topological polar surface area (TPSA) is 76.7 Å². The number of ether oxygens (including phenoxy) is 2. The predicted molar refractivity (Wildman–Crippen MR) is 95.7 cm³/mol. The maximum Gasteiger partial charge on any atom is 0.322 e. The van der Waals surface area contributed by atoms with Crippen molar-refractivity contribution >= 4 is 11.9 Å². The molecule has 24 heavy (non-hydrogen) atoms. The molecule has 2 unspecified atom stereocenters. The van der Waals surface area contributed by atoms with Crippen molar-refractivity contribution in [3.05, 3.63) is 12.2 Å². The normalized spacial score (nSPS) is 14.2. The van der Waals surface area contributed by atoms with Gasteiger partial charge in [-0.1, -0.05) is 39.8 Å². The molecule has 0 saturated carbocycles. The quantitative estimate of drug-likeness (QED) is 0.417.